The lowest BCUT2D eigenvalue weighted by Gasteiger charge is -2.10. The molecule has 15 heteroatoms. The third-order valence-electron chi connectivity index (χ3n) is 5.09. The number of hydrazone groups is 1. The van der Waals surface area contributed by atoms with E-state index in [9.17, 15) is 20.2 Å². The number of anilines is 5. The van der Waals surface area contributed by atoms with Gasteiger partial charge in [-0.15, -0.1) is 0 Å². The molecule has 0 fully saturated rings. The lowest BCUT2D eigenvalue weighted by atomic mass is 10.1. The Bertz CT molecular complexity index is 1530. The zero-order chi connectivity index (χ0) is 26.5. The summed E-state index contributed by atoms with van der Waals surface area (Å²) in [5.74, 6) is 0.933. The van der Waals surface area contributed by atoms with Crippen LogP contribution in [0.1, 0.15) is 5.56 Å². The van der Waals surface area contributed by atoms with E-state index in [-0.39, 0.29) is 47.3 Å². The van der Waals surface area contributed by atoms with Gasteiger partial charge < -0.3 is 20.1 Å². The summed E-state index contributed by atoms with van der Waals surface area (Å²) in [7, 11) is 0. The van der Waals surface area contributed by atoms with E-state index in [1.165, 1.54) is 42.6 Å². The van der Waals surface area contributed by atoms with Crippen molar-refractivity contribution in [1.82, 2.24) is 15.0 Å². The summed E-state index contributed by atoms with van der Waals surface area (Å²) < 4.78 is 10.5. The van der Waals surface area contributed by atoms with Gasteiger partial charge in [0.25, 0.3) is 11.4 Å². The van der Waals surface area contributed by atoms with Crippen molar-refractivity contribution in [3.63, 3.8) is 0 Å². The van der Waals surface area contributed by atoms with Gasteiger partial charge in [0.2, 0.25) is 24.6 Å². The van der Waals surface area contributed by atoms with E-state index in [1.54, 1.807) is 0 Å². The fourth-order valence-electron chi connectivity index (χ4n) is 3.35. The third-order valence-corrected chi connectivity index (χ3v) is 5.09. The molecular formula is C23H17N9O6. The molecule has 0 aliphatic carbocycles. The molecule has 4 aromatic rings. The number of hydrogen-bond acceptors (Lipinski definition) is 13. The normalized spacial score (nSPS) is 11.8. The van der Waals surface area contributed by atoms with E-state index in [0.717, 1.165) is 0 Å². The Morgan fingerprint density at radius 2 is 1.39 bits per heavy atom. The van der Waals surface area contributed by atoms with Crippen molar-refractivity contribution in [1.29, 1.82) is 0 Å². The molecule has 0 saturated carbocycles. The van der Waals surface area contributed by atoms with E-state index in [4.69, 9.17) is 9.47 Å². The van der Waals surface area contributed by atoms with Crippen LogP contribution in [0.15, 0.2) is 71.8 Å². The number of nitro groups is 2. The van der Waals surface area contributed by atoms with Gasteiger partial charge in [-0.25, -0.2) is 5.43 Å². The Morgan fingerprint density at radius 1 is 0.789 bits per heavy atom. The molecule has 0 radical (unpaired) electrons. The summed E-state index contributed by atoms with van der Waals surface area (Å²) in [6, 6.07) is 17.6. The third kappa shape index (κ3) is 5.51. The molecule has 15 nitrogen and oxygen atoms in total. The Balaban J connectivity index is 1.41. The molecule has 0 saturated heterocycles. The number of rotatable bonds is 9. The van der Waals surface area contributed by atoms with Gasteiger partial charge in [0.15, 0.2) is 11.5 Å². The Morgan fingerprint density at radius 3 is 2.03 bits per heavy atom. The number of benzene rings is 3. The number of nitrogens with zero attached hydrogens (tertiary/aromatic N) is 6. The summed E-state index contributed by atoms with van der Waals surface area (Å²) >= 11 is 0. The monoisotopic (exact) mass is 515 g/mol. The van der Waals surface area contributed by atoms with Crippen molar-refractivity contribution >= 4 is 46.8 Å². The van der Waals surface area contributed by atoms with Crippen molar-refractivity contribution in [2.45, 2.75) is 0 Å². The standard InChI is InChI=1S/C23H17N9O6/c33-31(34)17-8-6-16(7-9-17)26-22-27-21(25-15-4-2-1-3-5-15)28-23(29-22)30-24-12-14-10-19-20(38-13-37-19)11-18(14)32(35)36/h1-12H,13H2,(H3,25,26,27,28,29,30)/b24-12+. The van der Waals surface area contributed by atoms with E-state index in [0.29, 0.717) is 17.1 Å². The minimum Gasteiger partial charge on any atom is -0.454 e. The van der Waals surface area contributed by atoms with Crippen LogP contribution in [0, 0.1) is 20.2 Å². The van der Waals surface area contributed by atoms with Crippen LogP contribution in [-0.2, 0) is 0 Å². The molecule has 0 unspecified atom stereocenters. The second-order valence-electron chi connectivity index (χ2n) is 7.62. The first kappa shape index (κ1) is 23.9. The minimum atomic E-state index is -0.555. The highest BCUT2D eigenvalue weighted by Gasteiger charge is 2.22. The van der Waals surface area contributed by atoms with Crippen LogP contribution in [0.25, 0.3) is 0 Å². The highest BCUT2D eigenvalue weighted by atomic mass is 16.7. The maximum absolute atomic E-state index is 11.5. The molecule has 5 rings (SSSR count). The predicted molar refractivity (Wildman–Crippen MR) is 136 cm³/mol. The SMILES string of the molecule is O=[N+]([O-])c1ccc(Nc2nc(N/N=C/c3cc4c(cc3[N+](=O)[O-])OCO4)nc(Nc3ccccc3)n2)cc1. The number of para-hydroxylation sites is 1. The van der Waals surface area contributed by atoms with E-state index < -0.39 is 9.85 Å². The number of nitrogens with one attached hydrogen (secondary N) is 3. The van der Waals surface area contributed by atoms with Crippen molar-refractivity contribution in [3.05, 3.63) is 92.5 Å². The Hall–Kier alpha value is -5.86. The number of nitro benzene ring substituents is 2. The zero-order valence-corrected chi connectivity index (χ0v) is 19.3. The van der Waals surface area contributed by atoms with Crippen LogP contribution in [0.3, 0.4) is 0 Å². The van der Waals surface area contributed by atoms with Gasteiger partial charge in [0.05, 0.1) is 27.7 Å². The number of aromatic nitrogens is 3. The van der Waals surface area contributed by atoms with Crippen molar-refractivity contribution < 1.29 is 19.3 Å². The number of non-ortho nitro benzene ring substituents is 1. The molecular weight excluding hydrogens is 498 g/mol. The van der Waals surface area contributed by atoms with Crippen LogP contribution in [0.5, 0.6) is 11.5 Å². The second kappa shape index (κ2) is 10.4. The van der Waals surface area contributed by atoms with Gasteiger partial charge in [-0.2, -0.15) is 20.1 Å². The van der Waals surface area contributed by atoms with E-state index in [2.05, 4.69) is 36.1 Å². The highest BCUT2D eigenvalue weighted by molar-refractivity contribution is 5.87. The van der Waals surface area contributed by atoms with Crippen molar-refractivity contribution in [3.8, 4) is 11.5 Å². The van der Waals surface area contributed by atoms with Crippen LogP contribution in [0.4, 0.5) is 40.6 Å². The maximum atomic E-state index is 11.5. The summed E-state index contributed by atoms with van der Waals surface area (Å²) in [5, 5.41) is 32.5. The van der Waals surface area contributed by atoms with Crippen LogP contribution in [-0.4, -0.2) is 37.8 Å². The Labute approximate surface area is 213 Å². The highest BCUT2D eigenvalue weighted by Crippen LogP contribution is 2.37. The quantitative estimate of drug-likeness (QED) is 0.162. The lowest BCUT2D eigenvalue weighted by molar-refractivity contribution is -0.385. The molecule has 0 atom stereocenters. The van der Waals surface area contributed by atoms with E-state index >= 15 is 0 Å². The van der Waals surface area contributed by atoms with Gasteiger partial charge in [-0.05, 0) is 30.3 Å². The van der Waals surface area contributed by atoms with Crippen molar-refractivity contribution in [2.24, 2.45) is 5.10 Å². The van der Waals surface area contributed by atoms with Gasteiger partial charge in [0, 0.05) is 23.5 Å². The van der Waals surface area contributed by atoms with Gasteiger partial charge in [0.1, 0.15) is 0 Å². The predicted octanol–water partition coefficient (Wildman–Crippen LogP) is 4.35. The second-order valence-corrected chi connectivity index (χ2v) is 7.62. The van der Waals surface area contributed by atoms with Gasteiger partial charge in [-0.1, -0.05) is 18.2 Å². The largest absolute Gasteiger partial charge is 0.454 e. The number of ether oxygens (including phenoxy) is 2. The van der Waals surface area contributed by atoms with Gasteiger partial charge in [-0.3, -0.25) is 20.2 Å². The molecule has 0 spiro atoms. The molecule has 1 aliphatic rings. The van der Waals surface area contributed by atoms with Crippen LogP contribution in [0.2, 0.25) is 0 Å². The molecule has 190 valence electrons. The molecule has 2 heterocycles. The average Bonchev–Trinajstić information content (AvgIpc) is 3.36. The fourth-order valence-corrected chi connectivity index (χ4v) is 3.35. The zero-order valence-electron chi connectivity index (χ0n) is 19.3. The smallest absolute Gasteiger partial charge is 0.282 e. The molecule has 1 aromatic heterocycles. The van der Waals surface area contributed by atoms with Crippen molar-refractivity contribution in [2.75, 3.05) is 22.9 Å². The summed E-state index contributed by atoms with van der Waals surface area (Å²) in [6.45, 7) is -0.0298. The molecule has 3 aromatic carbocycles. The maximum Gasteiger partial charge on any atom is 0.282 e. The van der Waals surface area contributed by atoms with Crippen LogP contribution < -0.4 is 25.5 Å². The molecule has 1 aliphatic heterocycles. The molecule has 3 N–H and O–H groups in total. The first-order valence-electron chi connectivity index (χ1n) is 10.9. The molecule has 0 bridgehead atoms. The Kier molecular flexibility index (Phi) is 6.53. The first-order chi connectivity index (χ1) is 18.4. The van der Waals surface area contributed by atoms with Gasteiger partial charge >= 0.3 is 0 Å². The summed E-state index contributed by atoms with van der Waals surface area (Å²) in [6.07, 6.45) is 1.23. The summed E-state index contributed by atoms with van der Waals surface area (Å²) in [5.41, 5.74) is 3.75. The fraction of sp³-hybridized carbons (Fsp3) is 0.0435. The summed E-state index contributed by atoms with van der Waals surface area (Å²) in [4.78, 5) is 34.2. The average molecular weight is 515 g/mol. The minimum absolute atomic E-state index is 0.0162. The molecule has 38 heavy (non-hydrogen) atoms. The number of fused-ring (bicyclic) bond motifs is 1. The van der Waals surface area contributed by atoms with Crippen LogP contribution >= 0.6 is 0 Å². The first-order valence-corrected chi connectivity index (χ1v) is 10.9. The molecule has 0 amide bonds. The lowest BCUT2D eigenvalue weighted by Crippen LogP contribution is -2.07. The topological polar surface area (TPSA) is 192 Å². The van der Waals surface area contributed by atoms with E-state index in [1.807, 2.05) is 30.3 Å². The number of hydrogen-bond donors (Lipinski definition) is 3.